The minimum absolute atomic E-state index is 0.293. The minimum atomic E-state index is -0.925. The lowest BCUT2D eigenvalue weighted by molar-refractivity contribution is 0.214. The number of aryl methyl sites for hydroxylation is 1. The summed E-state index contributed by atoms with van der Waals surface area (Å²) in [5.74, 6) is -0.409. The van der Waals surface area contributed by atoms with Crippen molar-refractivity contribution >= 4 is 43.2 Å². The van der Waals surface area contributed by atoms with Crippen LogP contribution in [0.15, 0.2) is 32.5 Å². The van der Waals surface area contributed by atoms with Gasteiger partial charge in [0.05, 0.1) is 3.79 Å². The molecule has 90 valence electrons. The summed E-state index contributed by atoms with van der Waals surface area (Å²) >= 11 is 8.08. The first kappa shape index (κ1) is 13.2. The molecule has 0 amide bonds. The molecule has 0 saturated heterocycles. The summed E-state index contributed by atoms with van der Waals surface area (Å²) in [5, 5.41) is 10.2. The summed E-state index contributed by atoms with van der Waals surface area (Å²) in [4.78, 5) is 0.978. The molecule has 0 aliphatic carbocycles. The number of thiophene rings is 1. The topological polar surface area (TPSA) is 20.2 Å². The fourth-order valence-electron chi connectivity index (χ4n) is 1.62. The molecular weight excluding hydrogens is 371 g/mol. The van der Waals surface area contributed by atoms with Gasteiger partial charge in [-0.15, -0.1) is 11.3 Å². The molecule has 1 N–H and O–H groups in total. The van der Waals surface area contributed by atoms with E-state index in [2.05, 4.69) is 31.9 Å². The third-order valence-electron chi connectivity index (χ3n) is 2.48. The standard InChI is InChI=1S/C12H9Br2FOS/c1-6-9(5-11(14)17-6)12(16)8-3-2-7(13)4-10(8)15/h2-5,12,16H,1H3. The zero-order valence-electron chi connectivity index (χ0n) is 8.88. The summed E-state index contributed by atoms with van der Waals surface area (Å²) in [5.41, 5.74) is 1.03. The highest BCUT2D eigenvalue weighted by atomic mass is 79.9. The van der Waals surface area contributed by atoms with Crippen LogP contribution in [0.2, 0.25) is 0 Å². The van der Waals surface area contributed by atoms with Crippen LogP contribution in [0.4, 0.5) is 4.39 Å². The minimum Gasteiger partial charge on any atom is -0.384 e. The van der Waals surface area contributed by atoms with Crippen molar-refractivity contribution in [1.29, 1.82) is 0 Å². The first-order valence-electron chi connectivity index (χ1n) is 4.88. The molecule has 0 spiro atoms. The van der Waals surface area contributed by atoms with Gasteiger partial charge in [0, 0.05) is 14.9 Å². The van der Waals surface area contributed by atoms with Crippen LogP contribution < -0.4 is 0 Å². The second-order valence-corrected chi connectivity index (χ2v) is 7.18. The molecule has 2 aromatic rings. The van der Waals surface area contributed by atoms with Crippen LogP contribution in [0.5, 0.6) is 0 Å². The second-order valence-electron chi connectivity index (χ2n) is 3.63. The van der Waals surface area contributed by atoms with Crippen LogP contribution >= 0.6 is 43.2 Å². The summed E-state index contributed by atoms with van der Waals surface area (Å²) < 4.78 is 15.3. The molecule has 0 bridgehead atoms. The van der Waals surface area contributed by atoms with Crippen molar-refractivity contribution in [3.63, 3.8) is 0 Å². The van der Waals surface area contributed by atoms with Gasteiger partial charge in [0.25, 0.3) is 0 Å². The van der Waals surface area contributed by atoms with Crippen molar-refractivity contribution in [1.82, 2.24) is 0 Å². The maximum absolute atomic E-state index is 13.7. The van der Waals surface area contributed by atoms with E-state index >= 15 is 0 Å². The Morgan fingerprint density at radius 1 is 1.24 bits per heavy atom. The number of benzene rings is 1. The van der Waals surface area contributed by atoms with Gasteiger partial charge in [0.2, 0.25) is 0 Å². The molecule has 0 aliphatic heterocycles. The van der Waals surface area contributed by atoms with Gasteiger partial charge in [-0.25, -0.2) is 4.39 Å². The first-order valence-corrected chi connectivity index (χ1v) is 7.28. The Bertz CT molecular complexity index is 553. The molecule has 1 aromatic heterocycles. The van der Waals surface area contributed by atoms with E-state index in [1.54, 1.807) is 12.1 Å². The monoisotopic (exact) mass is 378 g/mol. The fraction of sp³-hybridized carbons (Fsp3) is 0.167. The molecule has 1 aromatic carbocycles. The van der Waals surface area contributed by atoms with Crippen molar-refractivity contribution in [3.05, 3.63) is 54.3 Å². The molecule has 17 heavy (non-hydrogen) atoms. The van der Waals surface area contributed by atoms with Crippen LogP contribution in [-0.2, 0) is 0 Å². The lowest BCUT2D eigenvalue weighted by Gasteiger charge is -2.12. The molecule has 0 fully saturated rings. The van der Waals surface area contributed by atoms with Crippen molar-refractivity contribution in [3.8, 4) is 0 Å². The highest BCUT2D eigenvalue weighted by Gasteiger charge is 2.18. The molecule has 1 nitrogen and oxygen atoms in total. The quantitative estimate of drug-likeness (QED) is 0.794. The van der Waals surface area contributed by atoms with E-state index in [0.717, 1.165) is 14.2 Å². The van der Waals surface area contributed by atoms with Gasteiger partial charge in [-0.2, -0.15) is 0 Å². The van der Waals surface area contributed by atoms with Crippen LogP contribution in [0, 0.1) is 12.7 Å². The first-order chi connectivity index (χ1) is 7.99. The van der Waals surface area contributed by atoms with Crippen molar-refractivity contribution in [2.45, 2.75) is 13.0 Å². The van der Waals surface area contributed by atoms with Crippen LogP contribution in [0.3, 0.4) is 0 Å². The van der Waals surface area contributed by atoms with Crippen molar-refractivity contribution in [2.24, 2.45) is 0 Å². The molecule has 0 radical (unpaired) electrons. The summed E-state index contributed by atoms with van der Waals surface area (Å²) in [6.07, 6.45) is -0.925. The zero-order chi connectivity index (χ0) is 12.6. The Morgan fingerprint density at radius 3 is 2.47 bits per heavy atom. The molecule has 0 aliphatic rings. The van der Waals surface area contributed by atoms with E-state index in [1.165, 1.54) is 17.4 Å². The van der Waals surface area contributed by atoms with Gasteiger partial charge in [0.15, 0.2) is 0 Å². The highest BCUT2D eigenvalue weighted by Crippen LogP contribution is 2.34. The second kappa shape index (κ2) is 5.18. The van der Waals surface area contributed by atoms with E-state index in [0.29, 0.717) is 10.0 Å². The van der Waals surface area contributed by atoms with Crippen molar-refractivity contribution < 1.29 is 9.50 Å². The number of aliphatic hydroxyl groups is 1. The smallest absolute Gasteiger partial charge is 0.130 e. The number of rotatable bonds is 2. The number of aliphatic hydroxyl groups excluding tert-OH is 1. The molecule has 1 unspecified atom stereocenters. The van der Waals surface area contributed by atoms with E-state index in [4.69, 9.17) is 0 Å². The van der Waals surface area contributed by atoms with Crippen LogP contribution in [0.25, 0.3) is 0 Å². The van der Waals surface area contributed by atoms with E-state index < -0.39 is 11.9 Å². The Hall–Kier alpha value is -0.230. The molecule has 0 saturated carbocycles. The molecular formula is C12H9Br2FOS. The SMILES string of the molecule is Cc1sc(Br)cc1C(O)c1ccc(Br)cc1F. The van der Waals surface area contributed by atoms with Gasteiger partial charge in [-0.3, -0.25) is 0 Å². The third-order valence-corrected chi connectivity index (χ3v) is 4.54. The Kier molecular flexibility index (Phi) is 4.02. The lowest BCUT2D eigenvalue weighted by Crippen LogP contribution is -2.02. The Balaban J connectivity index is 2.43. The van der Waals surface area contributed by atoms with Gasteiger partial charge in [-0.05, 0) is 46.6 Å². The van der Waals surface area contributed by atoms with Gasteiger partial charge in [-0.1, -0.05) is 22.0 Å². The normalized spacial score (nSPS) is 12.8. The Morgan fingerprint density at radius 2 is 1.94 bits per heavy atom. The van der Waals surface area contributed by atoms with E-state index in [9.17, 15) is 9.50 Å². The maximum atomic E-state index is 13.7. The lowest BCUT2D eigenvalue weighted by atomic mass is 10.0. The van der Waals surface area contributed by atoms with E-state index in [-0.39, 0.29) is 0 Å². The van der Waals surface area contributed by atoms with Crippen LogP contribution in [-0.4, -0.2) is 5.11 Å². The molecule has 1 atom stereocenters. The number of halogens is 3. The molecule has 1 heterocycles. The maximum Gasteiger partial charge on any atom is 0.130 e. The number of hydrogen-bond acceptors (Lipinski definition) is 2. The van der Waals surface area contributed by atoms with Gasteiger partial charge in [0.1, 0.15) is 11.9 Å². The third kappa shape index (κ3) is 2.78. The molecule has 5 heteroatoms. The number of hydrogen-bond donors (Lipinski definition) is 1. The predicted octanol–water partition coefficient (Wildman–Crippen LogP) is 4.80. The Labute approximate surface area is 120 Å². The van der Waals surface area contributed by atoms with Crippen LogP contribution in [0.1, 0.15) is 22.1 Å². The summed E-state index contributed by atoms with van der Waals surface area (Å²) in [6, 6.07) is 6.49. The van der Waals surface area contributed by atoms with Gasteiger partial charge >= 0.3 is 0 Å². The largest absolute Gasteiger partial charge is 0.384 e. The zero-order valence-corrected chi connectivity index (χ0v) is 12.9. The average molecular weight is 380 g/mol. The summed E-state index contributed by atoms with van der Waals surface area (Å²) in [6.45, 7) is 1.91. The highest BCUT2D eigenvalue weighted by molar-refractivity contribution is 9.11. The van der Waals surface area contributed by atoms with E-state index in [1.807, 2.05) is 13.0 Å². The molecule has 2 rings (SSSR count). The fourth-order valence-corrected chi connectivity index (χ4v) is 3.70. The van der Waals surface area contributed by atoms with Crippen molar-refractivity contribution in [2.75, 3.05) is 0 Å². The van der Waals surface area contributed by atoms with Gasteiger partial charge < -0.3 is 5.11 Å². The average Bonchev–Trinajstić information content (AvgIpc) is 2.57. The summed E-state index contributed by atoms with van der Waals surface area (Å²) in [7, 11) is 0. The predicted molar refractivity (Wildman–Crippen MR) is 74.9 cm³/mol.